The number of aryl methyl sites for hydroxylation is 1. The van der Waals surface area contributed by atoms with E-state index < -0.39 is 0 Å². The fourth-order valence-electron chi connectivity index (χ4n) is 4.44. The molecule has 1 aromatic heterocycles. The lowest BCUT2D eigenvalue weighted by molar-refractivity contribution is -0.710. The van der Waals surface area contributed by atoms with E-state index in [0.717, 1.165) is 13.2 Å². The van der Waals surface area contributed by atoms with E-state index in [1.807, 2.05) is 0 Å². The van der Waals surface area contributed by atoms with Gasteiger partial charge in [0.1, 0.15) is 0 Å². The number of nitrogens with zero attached hydrogens (tertiary/aromatic N) is 2. The van der Waals surface area contributed by atoms with Gasteiger partial charge < -0.3 is 17.1 Å². The summed E-state index contributed by atoms with van der Waals surface area (Å²) >= 11 is 0. The van der Waals surface area contributed by atoms with Crippen LogP contribution >= 0.6 is 0 Å². The van der Waals surface area contributed by atoms with Crippen LogP contribution in [0.4, 0.5) is 0 Å². The van der Waals surface area contributed by atoms with Crippen molar-refractivity contribution in [3.8, 4) is 0 Å². The van der Waals surface area contributed by atoms with Crippen LogP contribution in [0.3, 0.4) is 0 Å². The van der Waals surface area contributed by atoms with E-state index in [2.05, 4.69) is 53.6 Å². The number of para-hydroxylation sites is 2. The smallest absolute Gasteiger partial charge is 0.246 e. The molecule has 0 aliphatic rings. The fourth-order valence-corrected chi connectivity index (χ4v) is 4.44. The minimum atomic E-state index is 0. The first-order valence-corrected chi connectivity index (χ1v) is 13.4. The largest absolute Gasteiger partial charge is 1.00 e. The summed E-state index contributed by atoms with van der Waals surface area (Å²) < 4.78 is 10.7. The third-order valence-corrected chi connectivity index (χ3v) is 6.40. The molecule has 0 atom stereocenters. The Bertz CT molecular complexity index is 685. The van der Waals surface area contributed by atoms with Gasteiger partial charge in [0.05, 0.1) is 13.2 Å². The summed E-state index contributed by atoms with van der Waals surface area (Å²) in [5, 5.41) is 0. The second kappa shape index (κ2) is 19.4. The maximum absolute atomic E-state index is 6.03. The molecule has 0 aliphatic heterocycles. The number of ether oxygens (including phenoxy) is 1. The van der Waals surface area contributed by atoms with Gasteiger partial charge in [-0.15, -0.1) is 0 Å². The zero-order chi connectivity index (χ0) is 22.0. The van der Waals surface area contributed by atoms with Crippen molar-refractivity contribution in [3.63, 3.8) is 0 Å². The molecule has 0 saturated carbocycles. The molecule has 3 nitrogen and oxygen atoms in total. The number of rotatable bonds is 20. The van der Waals surface area contributed by atoms with Gasteiger partial charge in [0.25, 0.3) is 0 Å². The minimum absolute atomic E-state index is 0. The number of benzene rings is 1. The topological polar surface area (TPSA) is 18.0 Å². The molecule has 4 heteroatoms. The molecule has 0 unspecified atom stereocenters. The zero-order valence-electron chi connectivity index (χ0n) is 21.0. The average molecular weight is 465 g/mol. The molecule has 1 aromatic carbocycles. The second-order valence-corrected chi connectivity index (χ2v) is 9.25. The van der Waals surface area contributed by atoms with Crippen LogP contribution in [0.15, 0.2) is 30.6 Å². The highest BCUT2D eigenvalue weighted by Crippen LogP contribution is 2.14. The van der Waals surface area contributed by atoms with Gasteiger partial charge in [-0.3, -0.25) is 0 Å². The number of hydrogen-bond donors (Lipinski definition) is 0. The minimum Gasteiger partial charge on any atom is -1.00 e. The lowest BCUT2D eigenvalue weighted by Gasteiger charge is -2.04. The van der Waals surface area contributed by atoms with Gasteiger partial charge >= 0.3 is 0 Å². The molecular formula is C28H49ClN2O. The van der Waals surface area contributed by atoms with Crippen LogP contribution in [0, 0.1) is 0 Å². The van der Waals surface area contributed by atoms with Crippen LogP contribution in [-0.2, 0) is 18.0 Å². The normalized spacial score (nSPS) is 11.2. The van der Waals surface area contributed by atoms with Crippen LogP contribution in [-0.4, -0.2) is 11.2 Å². The van der Waals surface area contributed by atoms with E-state index in [0.29, 0.717) is 6.73 Å². The van der Waals surface area contributed by atoms with Crippen LogP contribution in [0.2, 0.25) is 0 Å². The van der Waals surface area contributed by atoms with Crippen molar-refractivity contribution in [3.05, 3.63) is 30.6 Å². The molecule has 0 saturated heterocycles. The average Bonchev–Trinajstić information content (AvgIpc) is 3.15. The summed E-state index contributed by atoms with van der Waals surface area (Å²) in [6, 6.07) is 8.72. The van der Waals surface area contributed by atoms with E-state index in [-0.39, 0.29) is 12.4 Å². The maximum Gasteiger partial charge on any atom is 0.246 e. The van der Waals surface area contributed by atoms with Gasteiger partial charge in [0.2, 0.25) is 6.33 Å². The van der Waals surface area contributed by atoms with E-state index in [9.17, 15) is 0 Å². The molecule has 2 aromatic rings. The molecule has 0 N–H and O–H groups in total. The summed E-state index contributed by atoms with van der Waals surface area (Å²) in [6.45, 7) is 7.21. The predicted molar refractivity (Wildman–Crippen MR) is 133 cm³/mol. The monoisotopic (exact) mass is 464 g/mol. The molecule has 32 heavy (non-hydrogen) atoms. The number of unbranched alkanes of at least 4 members (excludes halogenated alkanes) is 14. The summed E-state index contributed by atoms with van der Waals surface area (Å²) in [5.41, 5.74) is 2.61. The van der Waals surface area contributed by atoms with Crippen LogP contribution in [0.1, 0.15) is 117 Å². The Balaban J connectivity index is 0.00000512. The van der Waals surface area contributed by atoms with E-state index in [1.165, 1.54) is 114 Å². The Hall–Kier alpha value is -1.06. The van der Waals surface area contributed by atoms with Crippen molar-refractivity contribution < 1.29 is 21.7 Å². The predicted octanol–water partition coefficient (Wildman–Crippen LogP) is 5.19. The molecule has 184 valence electrons. The number of fused-ring (bicyclic) bond motifs is 1. The standard InChI is InChI=1S/C28H49N2O.ClH/c1-3-5-7-9-10-11-12-13-14-15-16-20-24-31-26-30-25-29(23-19-8-6-4-2)27-21-17-18-22-28(27)30;/h17-18,21-22,25H,3-16,19-20,23-24,26H2,1-2H3;1H/q+1;/p-1. The lowest BCUT2D eigenvalue weighted by atomic mass is 10.1. The van der Waals surface area contributed by atoms with Gasteiger partial charge in [-0.2, -0.15) is 0 Å². The van der Waals surface area contributed by atoms with E-state index >= 15 is 0 Å². The van der Waals surface area contributed by atoms with Crippen LogP contribution in [0.5, 0.6) is 0 Å². The molecule has 1 heterocycles. The Morgan fingerprint density at radius 1 is 0.688 bits per heavy atom. The maximum atomic E-state index is 6.03. The number of hydrogen-bond acceptors (Lipinski definition) is 1. The zero-order valence-corrected chi connectivity index (χ0v) is 21.8. The van der Waals surface area contributed by atoms with Gasteiger partial charge in [-0.25, -0.2) is 9.13 Å². The molecule has 2 rings (SSSR count). The molecule has 0 radical (unpaired) electrons. The summed E-state index contributed by atoms with van der Waals surface area (Å²) in [7, 11) is 0. The third kappa shape index (κ3) is 11.7. The molecule has 0 amide bonds. The van der Waals surface area contributed by atoms with Gasteiger partial charge in [0, 0.05) is 0 Å². The van der Waals surface area contributed by atoms with Gasteiger partial charge in [0.15, 0.2) is 17.8 Å². The van der Waals surface area contributed by atoms with Crippen molar-refractivity contribution in [2.45, 2.75) is 130 Å². The molecule has 0 bridgehead atoms. The van der Waals surface area contributed by atoms with Crippen molar-refractivity contribution in [1.82, 2.24) is 4.57 Å². The number of imidazole rings is 1. The quantitative estimate of drug-likeness (QED) is 0.195. The Labute approximate surface area is 204 Å². The first kappa shape index (κ1) is 29.0. The molecule has 0 fully saturated rings. The Morgan fingerprint density at radius 3 is 1.84 bits per heavy atom. The third-order valence-electron chi connectivity index (χ3n) is 6.40. The highest BCUT2D eigenvalue weighted by molar-refractivity contribution is 5.71. The first-order valence-electron chi connectivity index (χ1n) is 13.4. The highest BCUT2D eigenvalue weighted by Gasteiger charge is 2.14. The van der Waals surface area contributed by atoms with Crippen molar-refractivity contribution >= 4 is 11.0 Å². The summed E-state index contributed by atoms with van der Waals surface area (Å²) in [5.74, 6) is 0. The van der Waals surface area contributed by atoms with Crippen molar-refractivity contribution in [2.24, 2.45) is 0 Å². The first-order chi connectivity index (χ1) is 15.4. The van der Waals surface area contributed by atoms with Gasteiger partial charge in [-0.05, 0) is 31.4 Å². The second-order valence-electron chi connectivity index (χ2n) is 9.25. The Kier molecular flexibility index (Phi) is 17.6. The van der Waals surface area contributed by atoms with Crippen LogP contribution < -0.4 is 17.0 Å². The number of halogens is 1. The Morgan fingerprint density at radius 2 is 1.22 bits per heavy atom. The van der Waals surface area contributed by atoms with Crippen LogP contribution in [0.25, 0.3) is 11.0 Å². The molecular weight excluding hydrogens is 416 g/mol. The van der Waals surface area contributed by atoms with E-state index in [1.54, 1.807) is 0 Å². The van der Waals surface area contributed by atoms with Crippen molar-refractivity contribution in [1.29, 1.82) is 0 Å². The molecule has 0 aliphatic carbocycles. The van der Waals surface area contributed by atoms with Crippen molar-refractivity contribution in [2.75, 3.05) is 6.61 Å². The molecule has 0 spiro atoms. The highest BCUT2D eigenvalue weighted by atomic mass is 35.5. The number of aromatic nitrogens is 2. The van der Waals surface area contributed by atoms with E-state index in [4.69, 9.17) is 4.74 Å². The lowest BCUT2D eigenvalue weighted by Crippen LogP contribution is -3.00. The summed E-state index contributed by atoms with van der Waals surface area (Å²) in [4.78, 5) is 0. The fraction of sp³-hybridized carbons (Fsp3) is 0.750. The van der Waals surface area contributed by atoms with Gasteiger partial charge in [-0.1, -0.05) is 109 Å². The summed E-state index contributed by atoms with van der Waals surface area (Å²) in [6.07, 6.45) is 24.1. The SMILES string of the molecule is CCCCCCCCCCCCCCOC[n+]1cn(CCCCCC)c2ccccc21.[Cl-].